The van der Waals surface area contributed by atoms with Crippen LogP contribution in [-0.2, 0) is 0 Å². The maximum Gasteiger partial charge on any atom is 0.294 e. The van der Waals surface area contributed by atoms with Gasteiger partial charge in [0.15, 0.2) is 5.65 Å². The Hall–Kier alpha value is -3.03. The summed E-state index contributed by atoms with van der Waals surface area (Å²) in [6.45, 7) is 2.67. The van der Waals surface area contributed by atoms with Crippen molar-refractivity contribution in [3.8, 4) is 5.69 Å². The Morgan fingerprint density at radius 2 is 2.14 bits per heavy atom. The molecule has 0 aliphatic rings. The molecular formula is C13H12N6O2. The highest BCUT2D eigenvalue weighted by Gasteiger charge is 2.18. The second kappa shape index (κ2) is 5.16. The largest absolute Gasteiger partial charge is 0.370 e. The Balaban J connectivity index is 2.23. The molecule has 3 rings (SSSR count). The van der Waals surface area contributed by atoms with Gasteiger partial charge in [-0.25, -0.2) is 14.6 Å². The molecule has 0 bridgehead atoms. The van der Waals surface area contributed by atoms with Gasteiger partial charge in [-0.1, -0.05) is 12.1 Å². The van der Waals surface area contributed by atoms with E-state index in [0.29, 0.717) is 23.7 Å². The molecule has 2 aromatic heterocycles. The zero-order valence-corrected chi connectivity index (χ0v) is 11.2. The quantitative estimate of drug-likeness (QED) is 0.582. The Kier molecular flexibility index (Phi) is 3.19. The highest BCUT2D eigenvalue weighted by molar-refractivity contribution is 5.87. The van der Waals surface area contributed by atoms with Gasteiger partial charge in [0.25, 0.3) is 5.69 Å². The summed E-state index contributed by atoms with van der Waals surface area (Å²) in [4.78, 5) is 19.0. The predicted octanol–water partition coefficient (Wildman–Crippen LogP) is 2.16. The minimum atomic E-state index is -0.435. The Morgan fingerprint density at radius 3 is 2.90 bits per heavy atom. The average Bonchev–Trinajstić information content (AvgIpc) is 2.92. The first-order valence-corrected chi connectivity index (χ1v) is 6.38. The van der Waals surface area contributed by atoms with Crippen molar-refractivity contribution in [1.82, 2.24) is 19.7 Å². The summed E-state index contributed by atoms with van der Waals surface area (Å²) >= 11 is 0. The molecule has 8 heteroatoms. The number of nitrogens with zero attached hydrogens (tertiary/aromatic N) is 5. The predicted molar refractivity (Wildman–Crippen MR) is 77.5 cm³/mol. The molecule has 106 valence electrons. The smallest absolute Gasteiger partial charge is 0.294 e. The van der Waals surface area contributed by atoms with E-state index in [1.807, 2.05) is 6.92 Å². The number of hydrogen-bond donors (Lipinski definition) is 1. The van der Waals surface area contributed by atoms with Gasteiger partial charge in [-0.15, -0.1) is 0 Å². The van der Waals surface area contributed by atoms with E-state index in [9.17, 15) is 10.1 Å². The first kappa shape index (κ1) is 13.0. The normalized spacial score (nSPS) is 10.7. The van der Waals surface area contributed by atoms with Crippen molar-refractivity contribution in [1.29, 1.82) is 0 Å². The summed E-state index contributed by atoms with van der Waals surface area (Å²) in [5.74, 6) is 0.660. The van der Waals surface area contributed by atoms with Crippen LogP contribution in [0.4, 0.5) is 11.5 Å². The number of nitro benzene ring substituents is 1. The highest BCUT2D eigenvalue weighted by Crippen LogP contribution is 2.26. The van der Waals surface area contributed by atoms with Gasteiger partial charge < -0.3 is 5.32 Å². The summed E-state index contributed by atoms with van der Waals surface area (Å²) in [6.07, 6.45) is 3.01. The van der Waals surface area contributed by atoms with Crippen LogP contribution < -0.4 is 5.32 Å². The van der Waals surface area contributed by atoms with E-state index in [1.165, 1.54) is 17.1 Å². The molecule has 0 atom stereocenters. The van der Waals surface area contributed by atoms with Crippen LogP contribution in [0.1, 0.15) is 6.92 Å². The first-order valence-electron chi connectivity index (χ1n) is 6.38. The maximum atomic E-state index is 11.1. The molecular weight excluding hydrogens is 272 g/mol. The van der Waals surface area contributed by atoms with Crippen LogP contribution in [0.3, 0.4) is 0 Å². The van der Waals surface area contributed by atoms with Crippen molar-refractivity contribution in [2.24, 2.45) is 0 Å². The zero-order chi connectivity index (χ0) is 14.8. The zero-order valence-electron chi connectivity index (χ0n) is 11.2. The second-order valence-electron chi connectivity index (χ2n) is 4.29. The average molecular weight is 284 g/mol. The third kappa shape index (κ3) is 2.16. The van der Waals surface area contributed by atoms with Crippen LogP contribution in [0, 0.1) is 10.1 Å². The lowest BCUT2D eigenvalue weighted by Gasteiger charge is -2.05. The van der Waals surface area contributed by atoms with E-state index in [4.69, 9.17) is 0 Å². The summed E-state index contributed by atoms with van der Waals surface area (Å²) in [7, 11) is 0. The lowest BCUT2D eigenvalue weighted by Crippen LogP contribution is -2.03. The SMILES string of the molecule is CCNc1ncnc2c1cnn2-c1ccccc1[N+](=O)[O-]. The molecule has 0 aliphatic carbocycles. The minimum absolute atomic E-state index is 0.0221. The van der Waals surface area contributed by atoms with Gasteiger partial charge >= 0.3 is 0 Å². The Morgan fingerprint density at radius 1 is 1.33 bits per heavy atom. The topological polar surface area (TPSA) is 98.8 Å². The van der Waals surface area contributed by atoms with E-state index < -0.39 is 4.92 Å². The van der Waals surface area contributed by atoms with Crippen molar-refractivity contribution in [2.75, 3.05) is 11.9 Å². The molecule has 8 nitrogen and oxygen atoms in total. The number of fused-ring (bicyclic) bond motifs is 1. The molecule has 2 heterocycles. The fourth-order valence-electron chi connectivity index (χ4n) is 2.13. The summed E-state index contributed by atoms with van der Waals surface area (Å²) in [5, 5.41) is 19.2. The second-order valence-corrected chi connectivity index (χ2v) is 4.29. The number of para-hydroxylation sites is 2. The van der Waals surface area contributed by atoms with Gasteiger partial charge in [0.2, 0.25) is 0 Å². The molecule has 3 aromatic rings. The lowest BCUT2D eigenvalue weighted by molar-refractivity contribution is -0.384. The van der Waals surface area contributed by atoms with E-state index in [0.717, 1.165) is 5.39 Å². The number of hydrogen-bond acceptors (Lipinski definition) is 6. The van der Waals surface area contributed by atoms with Crippen LogP contribution in [0.25, 0.3) is 16.7 Å². The van der Waals surface area contributed by atoms with Crippen LogP contribution in [0.15, 0.2) is 36.8 Å². The fourth-order valence-corrected chi connectivity index (χ4v) is 2.13. The number of anilines is 1. The molecule has 1 aromatic carbocycles. The van der Waals surface area contributed by atoms with Crippen LogP contribution in [0.5, 0.6) is 0 Å². The molecule has 0 unspecified atom stereocenters. The van der Waals surface area contributed by atoms with Gasteiger partial charge in [-0.05, 0) is 13.0 Å². The number of rotatable bonds is 4. The number of aromatic nitrogens is 4. The van der Waals surface area contributed by atoms with Crippen molar-refractivity contribution >= 4 is 22.5 Å². The minimum Gasteiger partial charge on any atom is -0.370 e. The maximum absolute atomic E-state index is 11.1. The molecule has 0 aliphatic heterocycles. The molecule has 0 radical (unpaired) electrons. The summed E-state index contributed by atoms with van der Waals surface area (Å²) in [5.41, 5.74) is 0.875. The molecule has 21 heavy (non-hydrogen) atoms. The van der Waals surface area contributed by atoms with Crippen LogP contribution >= 0.6 is 0 Å². The highest BCUT2D eigenvalue weighted by atomic mass is 16.6. The molecule has 0 spiro atoms. The molecule has 0 fully saturated rings. The molecule has 0 saturated carbocycles. The number of benzene rings is 1. The van der Waals surface area contributed by atoms with Crippen molar-refractivity contribution in [2.45, 2.75) is 6.92 Å². The number of nitrogens with one attached hydrogen (secondary N) is 1. The van der Waals surface area contributed by atoms with Crippen molar-refractivity contribution in [3.63, 3.8) is 0 Å². The van der Waals surface area contributed by atoms with E-state index >= 15 is 0 Å². The summed E-state index contributed by atoms with van der Waals surface area (Å²) in [6, 6.07) is 6.42. The van der Waals surface area contributed by atoms with E-state index in [-0.39, 0.29) is 5.69 Å². The molecule has 1 N–H and O–H groups in total. The Bertz CT molecular complexity index is 813. The van der Waals surface area contributed by atoms with Gasteiger partial charge in [0, 0.05) is 12.6 Å². The summed E-state index contributed by atoms with van der Waals surface area (Å²) < 4.78 is 1.45. The first-order chi connectivity index (χ1) is 10.2. The molecule has 0 saturated heterocycles. The van der Waals surface area contributed by atoms with Crippen molar-refractivity contribution < 1.29 is 4.92 Å². The monoisotopic (exact) mass is 284 g/mol. The standard InChI is InChI=1S/C13H12N6O2/c1-2-14-12-9-7-17-18(13(9)16-8-15-12)10-5-3-4-6-11(10)19(20)21/h3-8H,2H2,1H3,(H,14,15,16). The third-order valence-corrected chi connectivity index (χ3v) is 3.02. The van der Waals surface area contributed by atoms with Gasteiger partial charge in [0.05, 0.1) is 16.5 Å². The fraction of sp³-hybridized carbons (Fsp3) is 0.154. The van der Waals surface area contributed by atoms with E-state index in [1.54, 1.807) is 24.4 Å². The van der Waals surface area contributed by atoms with Gasteiger partial charge in [-0.3, -0.25) is 10.1 Å². The van der Waals surface area contributed by atoms with Gasteiger partial charge in [0.1, 0.15) is 17.8 Å². The van der Waals surface area contributed by atoms with Crippen LogP contribution in [-0.4, -0.2) is 31.2 Å². The third-order valence-electron chi connectivity index (χ3n) is 3.02. The van der Waals surface area contributed by atoms with Crippen molar-refractivity contribution in [3.05, 3.63) is 46.9 Å². The van der Waals surface area contributed by atoms with Gasteiger partial charge in [-0.2, -0.15) is 5.10 Å². The van der Waals surface area contributed by atoms with Crippen LogP contribution in [0.2, 0.25) is 0 Å². The molecule has 0 amide bonds. The number of nitro groups is 1. The lowest BCUT2D eigenvalue weighted by atomic mass is 10.2. The Labute approximate surface area is 119 Å². The van der Waals surface area contributed by atoms with E-state index in [2.05, 4.69) is 20.4 Å².